The molecule has 2 aromatic carbocycles. The molecule has 2 aliphatic heterocycles. The van der Waals surface area contributed by atoms with E-state index in [4.69, 9.17) is 0 Å². The molecule has 1 aromatic heterocycles. The third-order valence-electron chi connectivity index (χ3n) is 7.84. The number of imidazole rings is 1. The van der Waals surface area contributed by atoms with E-state index in [-0.39, 0.29) is 29.4 Å². The van der Waals surface area contributed by atoms with Crippen molar-refractivity contribution in [2.24, 2.45) is 0 Å². The van der Waals surface area contributed by atoms with Gasteiger partial charge in [0.05, 0.1) is 28.9 Å². The lowest BCUT2D eigenvalue weighted by molar-refractivity contribution is -0.135. The second-order valence-electron chi connectivity index (χ2n) is 10.3. The first-order valence-electron chi connectivity index (χ1n) is 12.4. The Balaban J connectivity index is 1.39. The Morgan fingerprint density at radius 3 is 2.74 bits per heavy atom. The summed E-state index contributed by atoms with van der Waals surface area (Å²) in [6.45, 7) is 6.93. The van der Waals surface area contributed by atoms with Crippen LogP contribution in [0.1, 0.15) is 55.7 Å². The van der Waals surface area contributed by atoms with Gasteiger partial charge in [-0.05, 0) is 75.3 Å². The number of benzene rings is 2. The zero-order valence-electron chi connectivity index (χ0n) is 20.4. The van der Waals surface area contributed by atoms with Gasteiger partial charge < -0.3 is 14.8 Å². The van der Waals surface area contributed by atoms with E-state index in [0.29, 0.717) is 19.4 Å². The molecule has 0 aliphatic carbocycles. The van der Waals surface area contributed by atoms with Gasteiger partial charge in [-0.2, -0.15) is 0 Å². The van der Waals surface area contributed by atoms with Gasteiger partial charge in [0, 0.05) is 25.4 Å². The fourth-order valence-corrected chi connectivity index (χ4v) is 5.99. The maximum Gasteiger partial charge on any atom is 0.224 e. The Hall–Kier alpha value is -3.15. The first-order valence-corrected chi connectivity index (χ1v) is 12.4. The maximum atomic E-state index is 13.8. The molecule has 5 rings (SSSR count). The highest BCUT2D eigenvalue weighted by molar-refractivity contribution is 5.81. The van der Waals surface area contributed by atoms with Gasteiger partial charge in [0.15, 0.2) is 0 Å². The van der Waals surface area contributed by atoms with Crippen LogP contribution in [0.25, 0.3) is 11.0 Å². The zero-order chi connectivity index (χ0) is 23.9. The molecule has 3 atom stereocenters. The number of likely N-dealkylation sites (tertiary alicyclic amines) is 1. The molecule has 6 heteroatoms. The third kappa shape index (κ3) is 4.22. The molecule has 0 saturated carbocycles. The lowest BCUT2D eigenvalue weighted by atomic mass is 9.88. The quantitative estimate of drug-likeness (QED) is 0.619. The minimum absolute atomic E-state index is 0.0320. The van der Waals surface area contributed by atoms with Gasteiger partial charge in [0.25, 0.3) is 0 Å². The number of carbonyl (C=O) groups is 2. The van der Waals surface area contributed by atoms with Crippen LogP contribution in [-0.2, 0) is 22.6 Å². The Bertz CT molecular complexity index is 1220. The van der Waals surface area contributed by atoms with Gasteiger partial charge in [0.1, 0.15) is 0 Å². The molecule has 2 amide bonds. The number of aromatic nitrogens is 2. The SMILES string of the molecule is Cc1cc2ncn(CCC(=O)N3[C@H](Cc4ccccc4)C[C@]4(C)NC(=O)CCC[C@H]34)c2cc1C. The van der Waals surface area contributed by atoms with Crippen molar-refractivity contribution in [1.82, 2.24) is 19.8 Å². The maximum absolute atomic E-state index is 13.8. The lowest BCUT2D eigenvalue weighted by Gasteiger charge is -2.35. The monoisotopic (exact) mass is 458 g/mol. The van der Waals surface area contributed by atoms with Crippen LogP contribution in [0.2, 0.25) is 0 Å². The van der Waals surface area contributed by atoms with Crippen LogP contribution in [0.4, 0.5) is 0 Å². The highest BCUT2D eigenvalue weighted by atomic mass is 16.2. The average molecular weight is 459 g/mol. The van der Waals surface area contributed by atoms with Crippen molar-refractivity contribution in [3.05, 3.63) is 65.5 Å². The van der Waals surface area contributed by atoms with Crippen molar-refractivity contribution < 1.29 is 9.59 Å². The molecule has 2 aliphatic rings. The van der Waals surface area contributed by atoms with Crippen molar-refractivity contribution in [3.63, 3.8) is 0 Å². The number of rotatable bonds is 5. The van der Waals surface area contributed by atoms with Gasteiger partial charge in [-0.1, -0.05) is 30.3 Å². The molecule has 0 spiro atoms. The van der Waals surface area contributed by atoms with Crippen LogP contribution >= 0.6 is 0 Å². The van der Waals surface area contributed by atoms with E-state index in [2.05, 4.69) is 64.8 Å². The molecule has 2 saturated heterocycles. The Morgan fingerprint density at radius 2 is 1.94 bits per heavy atom. The van der Waals surface area contributed by atoms with Crippen molar-refractivity contribution in [2.75, 3.05) is 0 Å². The van der Waals surface area contributed by atoms with E-state index < -0.39 is 0 Å². The summed E-state index contributed by atoms with van der Waals surface area (Å²) in [5.41, 5.74) is 5.35. The largest absolute Gasteiger partial charge is 0.349 e. The number of fused-ring (bicyclic) bond motifs is 2. The van der Waals surface area contributed by atoms with Crippen LogP contribution in [0, 0.1) is 13.8 Å². The number of nitrogens with one attached hydrogen (secondary N) is 1. The molecule has 6 nitrogen and oxygen atoms in total. The molecule has 0 bridgehead atoms. The second kappa shape index (κ2) is 8.90. The second-order valence-corrected chi connectivity index (χ2v) is 10.3. The number of hydrogen-bond acceptors (Lipinski definition) is 3. The van der Waals surface area contributed by atoms with Crippen LogP contribution in [0.15, 0.2) is 48.8 Å². The first-order chi connectivity index (χ1) is 16.3. The van der Waals surface area contributed by atoms with Gasteiger partial charge >= 0.3 is 0 Å². The van der Waals surface area contributed by atoms with Crippen LogP contribution in [-0.4, -0.2) is 43.9 Å². The third-order valence-corrected chi connectivity index (χ3v) is 7.84. The summed E-state index contributed by atoms with van der Waals surface area (Å²) in [5.74, 6) is 0.268. The number of nitrogens with zero attached hydrogens (tertiary/aromatic N) is 3. The fraction of sp³-hybridized carbons (Fsp3) is 0.464. The summed E-state index contributed by atoms with van der Waals surface area (Å²) in [6, 6.07) is 14.7. The zero-order valence-corrected chi connectivity index (χ0v) is 20.4. The predicted molar refractivity (Wildman–Crippen MR) is 133 cm³/mol. The minimum atomic E-state index is -0.376. The van der Waals surface area contributed by atoms with E-state index >= 15 is 0 Å². The van der Waals surface area contributed by atoms with E-state index in [9.17, 15) is 9.59 Å². The topological polar surface area (TPSA) is 67.2 Å². The molecule has 0 radical (unpaired) electrons. The van der Waals surface area contributed by atoms with Crippen LogP contribution < -0.4 is 5.32 Å². The van der Waals surface area contributed by atoms with E-state index in [1.807, 2.05) is 24.5 Å². The molecule has 3 aromatic rings. The number of amides is 2. The Morgan fingerprint density at radius 1 is 1.18 bits per heavy atom. The highest BCUT2D eigenvalue weighted by Crippen LogP contribution is 2.39. The molecular weight excluding hydrogens is 424 g/mol. The van der Waals surface area contributed by atoms with E-state index in [1.165, 1.54) is 16.7 Å². The Labute approximate surface area is 201 Å². The van der Waals surface area contributed by atoms with Crippen molar-refractivity contribution >= 4 is 22.8 Å². The summed E-state index contributed by atoms with van der Waals surface area (Å²) in [5, 5.41) is 3.28. The molecular formula is C28H34N4O2. The number of carbonyl (C=O) groups excluding carboxylic acids is 2. The minimum Gasteiger partial charge on any atom is -0.349 e. The number of hydrogen-bond donors (Lipinski definition) is 1. The summed E-state index contributed by atoms with van der Waals surface area (Å²) in [6.07, 6.45) is 6.08. The van der Waals surface area contributed by atoms with Crippen LogP contribution in [0.5, 0.6) is 0 Å². The van der Waals surface area contributed by atoms with Gasteiger partial charge in [-0.3, -0.25) is 9.59 Å². The molecule has 178 valence electrons. The summed E-state index contributed by atoms with van der Waals surface area (Å²) in [7, 11) is 0. The first kappa shape index (κ1) is 22.6. The smallest absolute Gasteiger partial charge is 0.224 e. The standard InChI is InChI=1S/C28H34N4O2/c1-19-14-23-24(15-20(19)2)31(18-29-23)13-12-27(34)32-22(16-21-8-5-4-6-9-21)17-28(3)25(32)10-7-11-26(33)30-28/h4-6,8-9,14-15,18,22,25H,7,10-13,16-17H2,1-3H3,(H,30,33)/t22-,25+,28+/m1/s1. The molecule has 3 heterocycles. The Kier molecular flexibility index (Phi) is 5.92. The van der Waals surface area contributed by atoms with Crippen LogP contribution in [0.3, 0.4) is 0 Å². The highest BCUT2D eigenvalue weighted by Gasteiger charge is 2.52. The summed E-state index contributed by atoms with van der Waals surface area (Å²) >= 11 is 0. The van der Waals surface area contributed by atoms with Crippen molar-refractivity contribution in [3.8, 4) is 0 Å². The molecule has 1 N–H and O–H groups in total. The average Bonchev–Trinajstić information content (AvgIpc) is 3.25. The van der Waals surface area contributed by atoms with Gasteiger partial charge in [-0.25, -0.2) is 4.98 Å². The summed E-state index contributed by atoms with van der Waals surface area (Å²) < 4.78 is 2.09. The molecule has 34 heavy (non-hydrogen) atoms. The van der Waals surface area contributed by atoms with E-state index in [1.54, 1.807) is 0 Å². The van der Waals surface area contributed by atoms with E-state index in [0.717, 1.165) is 36.7 Å². The van der Waals surface area contributed by atoms with Crippen molar-refractivity contribution in [1.29, 1.82) is 0 Å². The van der Waals surface area contributed by atoms with Crippen molar-refractivity contribution in [2.45, 2.75) is 83.5 Å². The number of aryl methyl sites for hydroxylation is 3. The van der Waals surface area contributed by atoms with Gasteiger partial charge in [0.2, 0.25) is 11.8 Å². The fourth-order valence-electron chi connectivity index (χ4n) is 5.99. The molecule has 0 unspecified atom stereocenters. The summed E-state index contributed by atoms with van der Waals surface area (Å²) in [4.78, 5) is 32.8. The lowest BCUT2D eigenvalue weighted by Crippen LogP contribution is -2.54. The predicted octanol–water partition coefficient (Wildman–Crippen LogP) is 4.31. The molecule has 2 fully saturated rings. The normalized spacial score (nSPS) is 24.7. The van der Waals surface area contributed by atoms with Gasteiger partial charge in [-0.15, -0.1) is 0 Å².